The molecule has 4 nitrogen and oxygen atoms in total. The molecule has 0 saturated heterocycles. The number of para-hydroxylation sites is 1. The number of rotatable bonds is 2. The highest BCUT2D eigenvalue weighted by Crippen LogP contribution is 2.39. The highest BCUT2D eigenvalue weighted by atomic mass is 16.6. The van der Waals surface area contributed by atoms with Gasteiger partial charge in [-0.15, -0.1) is 0 Å². The minimum absolute atomic E-state index is 0.202. The fourth-order valence-corrected chi connectivity index (χ4v) is 2.25. The number of fused-ring (bicyclic) bond motifs is 1. The van der Waals surface area contributed by atoms with Crippen molar-refractivity contribution in [3.05, 3.63) is 48.1 Å². The first kappa shape index (κ1) is 11.0. The van der Waals surface area contributed by atoms with Crippen LogP contribution in [-0.2, 0) is 0 Å². The lowest BCUT2D eigenvalue weighted by Gasteiger charge is -2.24. The smallest absolute Gasteiger partial charge is 0.165 e. The third kappa shape index (κ3) is 1.79. The van der Waals surface area contributed by atoms with Crippen LogP contribution in [0.25, 0.3) is 0 Å². The summed E-state index contributed by atoms with van der Waals surface area (Å²) in [7, 11) is 0. The molecule has 0 radical (unpaired) electrons. The van der Waals surface area contributed by atoms with E-state index in [4.69, 9.17) is 9.47 Å². The van der Waals surface area contributed by atoms with Crippen LogP contribution in [0.1, 0.15) is 18.4 Å². The van der Waals surface area contributed by atoms with Crippen molar-refractivity contribution in [2.45, 2.75) is 12.8 Å². The van der Waals surface area contributed by atoms with Crippen molar-refractivity contribution in [2.75, 3.05) is 13.2 Å². The van der Waals surface area contributed by atoms with Gasteiger partial charge in [0, 0.05) is 23.4 Å². The summed E-state index contributed by atoms with van der Waals surface area (Å²) >= 11 is 0. The van der Waals surface area contributed by atoms with E-state index < -0.39 is 0 Å². The van der Waals surface area contributed by atoms with Crippen LogP contribution in [0.4, 0.5) is 0 Å². The third-order valence-corrected chi connectivity index (χ3v) is 3.23. The number of allylic oxidation sites excluding steroid dienone is 1. The highest BCUT2D eigenvalue weighted by Gasteiger charge is 2.23. The van der Waals surface area contributed by atoms with Crippen LogP contribution in [0.5, 0.6) is 11.5 Å². The summed E-state index contributed by atoms with van der Waals surface area (Å²) in [6.45, 7) is 7.19. The quantitative estimate of drug-likeness (QED) is 0.835. The molecule has 2 heterocycles. The van der Waals surface area contributed by atoms with Gasteiger partial charge in [-0.3, -0.25) is 0 Å². The molecule has 3 rings (SSSR count). The van der Waals surface area contributed by atoms with E-state index in [0.717, 1.165) is 28.6 Å². The van der Waals surface area contributed by atoms with Crippen LogP contribution >= 0.6 is 0 Å². The van der Waals surface area contributed by atoms with Crippen LogP contribution in [0.15, 0.2) is 42.5 Å². The topological polar surface area (TPSA) is 42.5 Å². The number of hydrogen-bond donors (Lipinski definition) is 2. The molecule has 0 saturated carbocycles. The second-order valence-corrected chi connectivity index (χ2v) is 4.44. The molecular formula is C14H16N2O2. The summed E-state index contributed by atoms with van der Waals surface area (Å²) in [4.78, 5) is 0. The average Bonchev–Trinajstić information content (AvgIpc) is 2.84. The first-order valence-corrected chi connectivity index (χ1v) is 6.07. The zero-order valence-corrected chi connectivity index (χ0v) is 10.3. The summed E-state index contributed by atoms with van der Waals surface area (Å²) in [5.41, 5.74) is 2.21. The average molecular weight is 244 g/mol. The van der Waals surface area contributed by atoms with E-state index in [-0.39, 0.29) is 5.92 Å². The lowest BCUT2D eigenvalue weighted by atomic mass is 9.96. The Morgan fingerprint density at radius 3 is 2.89 bits per heavy atom. The number of nitrogens with one attached hydrogen (secondary N) is 2. The van der Waals surface area contributed by atoms with E-state index in [0.29, 0.717) is 13.2 Å². The molecule has 0 spiro atoms. The number of benzene rings is 1. The molecule has 2 aliphatic heterocycles. The van der Waals surface area contributed by atoms with E-state index in [9.17, 15) is 0 Å². The van der Waals surface area contributed by atoms with Gasteiger partial charge in [-0.1, -0.05) is 25.6 Å². The Morgan fingerprint density at radius 2 is 2.11 bits per heavy atom. The minimum Gasteiger partial charge on any atom is -0.486 e. The molecular weight excluding hydrogens is 228 g/mol. The molecule has 0 bridgehead atoms. The fraction of sp³-hybridized carbons (Fsp3) is 0.286. The molecule has 1 aromatic carbocycles. The van der Waals surface area contributed by atoms with Gasteiger partial charge in [0.2, 0.25) is 0 Å². The molecule has 1 aromatic rings. The van der Waals surface area contributed by atoms with E-state index in [1.54, 1.807) is 0 Å². The summed E-state index contributed by atoms with van der Waals surface area (Å²) in [6.07, 6.45) is 1.94. The lowest BCUT2D eigenvalue weighted by molar-refractivity contribution is 0.169. The predicted molar refractivity (Wildman–Crippen MR) is 69.3 cm³/mol. The van der Waals surface area contributed by atoms with Crippen LogP contribution in [-0.4, -0.2) is 13.2 Å². The van der Waals surface area contributed by atoms with Gasteiger partial charge in [-0.05, 0) is 6.07 Å². The summed E-state index contributed by atoms with van der Waals surface area (Å²) in [5.74, 6) is 2.69. The molecule has 0 aromatic heterocycles. The van der Waals surface area contributed by atoms with E-state index in [1.807, 2.05) is 18.3 Å². The van der Waals surface area contributed by atoms with Gasteiger partial charge in [0.05, 0.1) is 5.82 Å². The Morgan fingerprint density at radius 1 is 1.28 bits per heavy atom. The van der Waals surface area contributed by atoms with Crippen LogP contribution in [0.2, 0.25) is 0 Å². The predicted octanol–water partition coefficient (Wildman–Crippen LogP) is 2.07. The van der Waals surface area contributed by atoms with E-state index in [1.165, 1.54) is 0 Å². The summed E-state index contributed by atoms with van der Waals surface area (Å²) in [6, 6.07) is 6.01. The molecule has 1 unspecified atom stereocenters. The first-order chi connectivity index (χ1) is 8.75. The second-order valence-electron chi connectivity index (χ2n) is 4.44. The van der Waals surface area contributed by atoms with Gasteiger partial charge < -0.3 is 20.1 Å². The van der Waals surface area contributed by atoms with Crippen molar-refractivity contribution in [3.63, 3.8) is 0 Å². The maximum absolute atomic E-state index is 5.74. The molecule has 18 heavy (non-hydrogen) atoms. The molecule has 0 aliphatic carbocycles. The molecule has 4 heteroatoms. The maximum Gasteiger partial charge on any atom is 0.165 e. The van der Waals surface area contributed by atoms with Crippen molar-refractivity contribution in [3.8, 4) is 11.5 Å². The maximum atomic E-state index is 5.74. The third-order valence-electron chi connectivity index (χ3n) is 3.23. The molecule has 0 amide bonds. The molecule has 0 fully saturated rings. The summed E-state index contributed by atoms with van der Waals surface area (Å²) in [5, 5.41) is 6.28. The van der Waals surface area contributed by atoms with Crippen LogP contribution in [0.3, 0.4) is 0 Å². The summed E-state index contributed by atoms with van der Waals surface area (Å²) < 4.78 is 11.3. The fourth-order valence-electron chi connectivity index (χ4n) is 2.25. The van der Waals surface area contributed by atoms with E-state index in [2.05, 4.69) is 30.2 Å². The van der Waals surface area contributed by atoms with Crippen molar-refractivity contribution in [1.29, 1.82) is 0 Å². The van der Waals surface area contributed by atoms with Gasteiger partial charge in [0.15, 0.2) is 11.5 Å². The normalized spacial score (nSPS) is 18.7. The standard InChI is InChI=1S/C14H16N2O2/c1-9(12-8-15-10(2)16-12)11-4-3-5-13-14(11)18-7-6-17-13/h3-5,8-9,15-16H,2,6-7H2,1H3. The van der Waals surface area contributed by atoms with Gasteiger partial charge >= 0.3 is 0 Å². The minimum atomic E-state index is 0.202. The monoisotopic (exact) mass is 244 g/mol. The second kappa shape index (κ2) is 4.29. The van der Waals surface area contributed by atoms with Crippen molar-refractivity contribution >= 4 is 0 Å². The highest BCUT2D eigenvalue weighted by molar-refractivity contribution is 5.51. The zero-order valence-electron chi connectivity index (χ0n) is 10.3. The van der Waals surface area contributed by atoms with Gasteiger partial charge in [-0.25, -0.2) is 0 Å². The Bertz CT molecular complexity index is 523. The molecule has 1 atom stereocenters. The Kier molecular flexibility index (Phi) is 2.63. The Balaban J connectivity index is 1.94. The van der Waals surface area contributed by atoms with Crippen molar-refractivity contribution in [2.24, 2.45) is 0 Å². The SMILES string of the molecule is C=C1NC=C(C(C)c2cccc3c2OCCO3)N1. The van der Waals surface area contributed by atoms with Crippen LogP contribution in [0, 0.1) is 0 Å². The number of hydrogen-bond acceptors (Lipinski definition) is 4. The molecule has 94 valence electrons. The van der Waals surface area contributed by atoms with Gasteiger partial charge in [-0.2, -0.15) is 0 Å². The zero-order chi connectivity index (χ0) is 12.5. The van der Waals surface area contributed by atoms with Crippen molar-refractivity contribution in [1.82, 2.24) is 10.6 Å². The van der Waals surface area contributed by atoms with E-state index >= 15 is 0 Å². The van der Waals surface area contributed by atoms with Crippen LogP contribution < -0.4 is 20.1 Å². The molecule has 2 N–H and O–H groups in total. The number of ether oxygens (including phenoxy) is 2. The largest absolute Gasteiger partial charge is 0.486 e. The first-order valence-electron chi connectivity index (χ1n) is 6.07. The van der Waals surface area contributed by atoms with Gasteiger partial charge in [0.1, 0.15) is 13.2 Å². The molecule has 2 aliphatic rings. The Labute approximate surface area is 106 Å². The van der Waals surface area contributed by atoms with Gasteiger partial charge in [0.25, 0.3) is 0 Å². The van der Waals surface area contributed by atoms with Crippen molar-refractivity contribution < 1.29 is 9.47 Å². The lowest BCUT2D eigenvalue weighted by Crippen LogP contribution is -2.19. The Hall–Kier alpha value is -2.10.